The van der Waals surface area contributed by atoms with E-state index in [0.29, 0.717) is 38.4 Å². The number of ether oxygens (including phenoxy) is 1. The molecule has 3 rings (SSSR count). The molecule has 0 spiro atoms. The van der Waals surface area contributed by atoms with Crippen molar-refractivity contribution in [3.8, 4) is 0 Å². The van der Waals surface area contributed by atoms with Crippen LogP contribution in [0, 0.1) is 12.8 Å². The zero-order chi connectivity index (χ0) is 19.6. The predicted molar refractivity (Wildman–Crippen MR) is 106 cm³/mol. The zero-order valence-corrected chi connectivity index (χ0v) is 16.2. The van der Waals surface area contributed by atoms with Crippen LogP contribution in [0.25, 0.3) is 0 Å². The number of hydrogen-bond donors (Lipinski definition) is 2. The minimum absolute atomic E-state index is 0.227. The number of aryl methyl sites for hydroxylation is 1. The van der Waals surface area contributed by atoms with Gasteiger partial charge < -0.3 is 10.5 Å². The maximum atomic E-state index is 12.8. The van der Waals surface area contributed by atoms with Crippen LogP contribution in [0.1, 0.15) is 36.6 Å². The number of nitrogen functional groups attached to an aromatic ring is 1. The molecule has 1 fully saturated rings. The molecule has 0 amide bonds. The molecular formula is C20H28N4O3. The molecule has 3 N–H and O–H groups in total. The summed E-state index contributed by atoms with van der Waals surface area (Å²) in [6.45, 7) is 9.10. The highest BCUT2D eigenvalue weighted by Crippen LogP contribution is 2.30. The summed E-state index contributed by atoms with van der Waals surface area (Å²) < 4.78 is 6.96. The summed E-state index contributed by atoms with van der Waals surface area (Å²) in [7, 11) is 0. The molecule has 0 unspecified atom stereocenters. The van der Waals surface area contributed by atoms with E-state index in [2.05, 4.69) is 9.88 Å². The van der Waals surface area contributed by atoms with Crippen LogP contribution < -0.4 is 17.0 Å². The fraction of sp³-hybridized carbons (Fsp3) is 0.500. The molecule has 1 aliphatic heterocycles. The number of aromatic nitrogens is 2. The van der Waals surface area contributed by atoms with Crippen molar-refractivity contribution < 1.29 is 4.74 Å². The lowest BCUT2D eigenvalue weighted by Crippen LogP contribution is -2.44. The largest absolute Gasteiger partial charge is 0.385 e. The van der Waals surface area contributed by atoms with E-state index in [1.807, 2.05) is 45.0 Å². The van der Waals surface area contributed by atoms with Gasteiger partial charge in [0.1, 0.15) is 5.82 Å². The molecule has 1 saturated heterocycles. The first-order valence-corrected chi connectivity index (χ1v) is 9.39. The molecule has 27 heavy (non-hydrogen) atoms. The fourth-order valence-corrected chi connectivity index (χ4v) is 3.56. The van der Waals surface area contributed by atoms with E-state index in [4.69, 9.17) is 10.5 Å². The van der Waals surface area contributed by atoms with Crippen LogP contribution in [0.4, 0.5) is 5.82 Å². The van der Waals surface area contributed by atoms with E-state index >= 15 is 0 Å². The number of morpholine rings is 1. The van der Waals surface area contributed by atoms with Crippen molar-refractivity contribution in [2.45, 2.75) is 33.4 Å². The Balaban J connectivity index is 2.18. The summed E-state index contributed by atoms with van der Waals surface area (Å²) in [5, 5.41) is 0. The van der Waals surface area contributed by atoms with Crippen LogP contribution in [0.15, 0.2) is 33.9 Å². The molecular weight excluding hydrogens is 344 g/mol. The Hall–Kier alpha value is -2.38. The molecule has 0 saturated carbocycles. The van der Waals surface area contributed by atoms with E-state index in [9.17, 15) is 9.59 Å². The van der Waals surface area contributed by atoms with Crippen molar-refractivity contribution in [3.05, 3.63) is 61.8 Å². The lowest BCUT2D eigenvalue weighted by molar-refractivity contribution is 0.0237. The van der Waals surface area contributed by atoms with E-state index in [-0.39, 0.29) is 17.8 Å². The molecule has 146 valence electrons. The second-order valence-corrected chi connectivity index (χ2v) is 7.52. The lowest BCUT2D eigenvalue weighted by Gasteiger charge is -2.35. The van der Waals surface area contributed by atoms with E-state index in [0.717, 1.165) is 11.1 Å². The molecule has 0 radical (unpaired) electrons. The van der Waals surface area contributed by atoms with Crippen molar-refractivity contribution in [2.24, 2.45) is 5.92 Å². The second-order valence-electron chi connectivity index (χ2n) is 7.52. The van der Waals surface area contributed by atoms with Gasteiger partial charge in [0.05, 0.1) is 24.8 Å². The smallest absolute Gasteiger partial charge is 0.329 e. The number of benzene rings is 1. The number of nitrogens with one attached hydrogen (secondary N) is 1. The molecule has 0 aliphatic carbocycles. The number of hydrogen-bond acceptors (Lipinski definition) is 5. The SMILES string of the molecule is Cc1ccc([C@@H](c2c(N)n(CC(C)C)c(=O)[nH]c2=O)N2CCOCC2)cc1. The molecule has 1 aromatic carbocycles. The van der Waals surface area contributed by atoms with Crippen molar-refractivity contribution in [3.63, 3.8) is 0 Å². The van der Waals surface area contributed by atoms with Crippen LogP contribution in [0.5, 0.6) is 0 Å². The molecule has 2 heterocycles. The summed E-state index contributed by atoms with van der Waals surface area (Å²) in [5.41, 5.74) is 8.07. The first kappa shape index (κ1) is 19.4. The molecule has 1 aromatic heterocycles. The molecule has 7 heteroatoms. The minimum Gasteiger partial charge on any atom is -0.385 e. The van der Waals surface area contributed by atoms with Gasteiger partial charge in [0.25, 0.3) is 5.56 Å². The summed E-state index contributed by atoms with van der Waals surface area (Å²) in [4.78, 5) is 29.8. The highest BCUT2D eigenvalue weighted by molar-refractivity contribution is 5.46. The Morgan fingerprint density at radius 1 is 1.15 bits per heavy atom. The molecule has 1 atom stereocenters. The average molecular weight is 372 g/mol. The van der Waals surface area contributed by atoms with E-state index in [1.54, 1.807) is 0 Å². The Morgan fingerprint density at radius 2 is 1.78 bits per heavy atom. The van der Waals surface area contributed by atoms with Crippen LogP contribution in [-0.4, -0.2) is 40.8 Å². The number of aromatic amines is 1. The van der Waals surface area contributed by atoms with Crippen LogP contribution >= 0.6 is 0 Å². The highest BCUT2D eigenvalue weighted by Gasteiger charge is 2.30. The Bertz CT molecular complexity index is 893. The summed E-state index contributed by atoms with van der Waals surface area (Å²) in [5.74, 6) is 0.472. The minimum atomic E-state index is -0.459. The number of rotatable bonds is 5. The molecule has 1 aliphatic rings. The number of anilines is 1. The van der Waals surface area contributed by atoms with Gasteiger partial charge in [-0.25, -0.2) is 4.79 Å². The third-order valence-electron chi connectivity index (χ3n) is 4.90. The van der Waals surface area contributed by atoms with Crippen LogP contribution in [0.3, 0.4) is 0 Å². The summed E-state index contributed by atoms with van der Waals surface area (Å²) in [6, 6.07) is 7.77. The number of nitrogens with zero attached hydrogens (tertiary/aromatic N) is 2. The number of H-pyrrole nitrogens is 1. The standard InChI is InChI=1S/C20H28N4O3/c1-13(2)12-24-18(21)16(19(25)22-20(24)26)17(23-8-10-27-11-9-23)15-6-4-14(3)5-7-15/h4-7,13,17H,8-12,21H2,1-3H3,(H,22,25,26)/t17-/m0/s1. The molecule has 7 nitrogen and oxygen atoms in total. The quantitative estimate of drug-likeness (QED) is 0.830. The van der Waals surface area contributed by atoms with Crippen molar-refractivity contribution in [2.75, 3.05) is 32.0 Å². The normalized spacial score (nSPS) is 16.6. The zero-order valence-electron chi connectivity index (χ0n) is 16.2. The Labute approximate surface area is 158 Å². The van der Waals surface area contributed by atoms with Gasteiger partial charge >= 0.3 is 5.69 Å². The monoisotopic (exact) mass is 372 g/mol. The van der Waals surface area contributed by atoms with Crippen molar-refractivity contribution in [1.82, 2.24) is 14.5 Å². The van der Waals surface area contributed by atoms with Crippen molar-refractivity contribution >= 4 is 5.82 Å². The van der Waals surface area contributed by atoms with Gasteiger partial charge in [-0.1, -0.05) is 43.7 Å². The van der Waals surface area contributed by atoms with Gasteiger partial charge in [0.15, 0.2) is 0 Å². The van der Waals surface area contributed by atoms with Gasteiger partial charge in [-0.3, -0.25) is 19.2 Å². The average Bonchev–Trinajstić information content (AvgIpc) is 2.64. The van der Waals surface area contributed by atoms with Gasteiger partial charge in [-0.15, -0.1) is 0 Å². The van der Waals surface area contributed by atoms with Gasteiger partial charge in [0, 0.05) is 19.6 Å². The summed E-state index contributed by atoms with van der Waals surface area (Å²) in [6.07, 6.45) is 0. The Morgan fingerprint density at radius 3 is 2.37 bits per heavy atom. The van der Waals surface area contributed by atoms with Gasteiger partial charge in [-0.05, 0) is 18.4 Å². The predicted octanol–water partition coefficient (Wildman–Crippen LogP) is 1.50. The number of nitrogens with two attached hydrogens (primary N) is 1. The van der Waals surface area contributed by atoms with Gasteiger partial charge in [-0.2, -0.15) is 0 Å². The van der Waals surface area contributed by atoms with Crippen LogP contribution in [0.2, 0.25) is 0 Å². The third kappa shape index (κ3) is 4.14. The topological polar surface area (TPSA) is 93.3 Å². The highest BCUT2D eigenvalue weighted by atomic mass is 16.5. The summed E-state index contributed by atoms with van der Waals surface area (Å²) >= 11 is 0. The first-order valence-electron chi connectivity index (χ1n) is 9.39. The molecule has 0 bridgehead atoms. The second kappa shape index (κ2) is 8.10. The van der Waals surface area contributed by atoms with E-state index in [1.165, 1.54) is 4.57 Å². The molecule has 2 aromatic rings. The van der Waals surface area contributed by atoms with Crippen LogP contribution in [-0.2, 0) is 11.3 Å². The third-order valence-corrected chi connectivity index (χ3v) is 4.90. The maximum Gasteiger partial charge on any atom is 0.329 e. The maximum absolute atomic E-state index is 12.8. The van der Waals surface area contributed by atoms with Crippen molar-refractivity contribution in [1.29, 1.82) is 0 Å². The Kier molecular flexibility index (Phi) is 5.82. The fourth-order valence-electron chi connectivity index (χ4n) is 3.56. The van der Waals surface area contributed by atoms with Gasteiger partial charge in [0.2, 0.25) is 0 Å². The first-order chi connectivity index (χ1) is 12.9. The van der Waals surface area contributed by atoms with E-state index < -0.39 is 11.2 Å². The lowest BCUT2D eigenvalue weighted by atomic mass is 9.96.